The van der Waals surface area contributed by atoms with Crippen LogP contribution in [0.4, 0.5) is 5.69 Å². The average molecular weight is 288 g/mol. The normalized spacial score (nSPS) is 10.2. The van der Waals surface area contributed by atoms with Crippen molar-refractivity contribution in [1.82, 2.24) is 4.98 Å². The molecule has 0 amide bonds. The van der Waals surface area contributed by atoms with Gasteiger partial charge in [0.2, 0.25) is 11.6 Å². The first kappa shape index (κ1) is 14.4. The summed E-state index contributed by atoms with van der Waals surface area (Å²) in [5, 5.41) is 20.0. The lowest BCUT2D eigenvalue weighted by molar-refractivity contribution is -0.385. The molecule has 0 atom stereocenters. The van der Waals surface area contributed by atoms with Crippen molar-refractivity contribution in [2.75, 3.05) is 0 Å². The van der Waals surface area contributed by atoms with Gasteiger partial charge < -0.3 is 9.84 Å². The molecular formula is C14H12N2O5. The number of carboxylic acids is 1. The summed E-state index contributed by atoms with van der Waals surface area (Å²) in [6.45, 7) is 3.42. The second-order valence-electron chi connectivity index (χ2n) is 4.48. The van der Waals surface area contributed by atoms with Gasteiger partial charge in [-0.05, 0) is 31.0 Å². The van der Waals surface area contributed by atoms with E-state index in [1.54, 1.807) is 19.9 Å². The van der Waals surface area contributed by atoms with Crippen LogP contribution in [0.25, 0.3) is 0 Å². The van der Waals surface area contributed by atoms with Crippen LogP contribution in [-0.4, -0.2) is 21.0 Å². The summed E-state index contributed by atoms with van der Waals surface area (Å²) in [4.78, 5) is 25.3. The Labute approximate surface area is 120 Å². The van der Waals surface area contributed by atoms with Crippen LogP contribution < -0.4 is 4.74 Å². The molecule has 0 saturated heterocycles. The highest BCUT2D eigenvalue weighted by atomic mass is 16.6. The molecule has 2 aromatic rings. The number of carboxylic acid groups (broad SMARTS) is 1. The van der Waals surface area contributed by atoms with Gasteiger partial charge in [0.25, 0.3) is 0 Å². The van der Waals surface area contributed by atoms with Gasteiger partial charge in [-0.3, -0.25) is 10.1 Å². The van der Waals surface area contributed by atoms with E-state index >= 15 is 0 Å². The molecule has 0 aliphatic rings. The standard InChI is InChI=1S/C14H12N2O5/c1-8-5-9(2)13(11(6-8)16(19)20)21-12-7-10(14(17)18)3-4-15-12/h3-7H,1-2H3,(H,17,18). The van der Waals surface area contributed by atoms with Crippen LogP contribution >= 0.6 is 0 Å². The highest BCUT2D eigenvalue weighted by molar-refractivity contribution is 5.87. The van der Waals surface area contributed by atoms with E-state index in [0.717, 1.165) is 5.56 Å². The van der Waals surface area contributed by atoms with Crippen LogP contribution in [0.2, 0.25) is 0 Å². The Balaban J connectivity index is 2.46. The van der Waals surface area contributed by atoms with Gasteiger partial charge in [-0.2, -0.15) is 0 Å². The first-order valence-electron chi connectivity index (χ1n) is 6.01. The third-order valence-electron chi connectivity index (χ3n) is 2.78. The highest BCUT2D eigenvalue weighted by Crippen LogP contribution is 2.35. The molecule has 0 aliphatic carbocycles. The molecule has 1 N–H and O–H groups in total. The Morgan fingerprint density at radius 3 is 2.67 bits per heavy atom. The molecular weight excluding hydrogens is 276 g/mol. The van der Waals surface area contributed by atoms with E-state index in [1.807, 2.05) is 0 Å². The second kappa shape index (κ2) is 5.58. The summed E-state index contributed by atoms with van der Waals surface area (Å²) < 4.78 is 5.43. The largest absolute Gasteiger partial charge is 0.478 e. The fourth-order valence-corrected chi connectivity index (χ4v) is 1.90. The Bertz CT molecular complexity index is 727. The summed E-state index contributed by atoms with van der Waals surface area (Å²) in [6, 6.07) is 5.66. The molecule has 1 aromatic heterocycles. The number of pyridine rings is 1. The van der Waals surface area contributed by atoms with Gasteiger partial charge in [-0.15, -0.1) is 0 Å². The molecule has 1 aromatic carbocycles. The van der Waals surface area contributed by atoms with Crippen molar-refractivity contribution in [3.63, 3.8) is 0 Å². The predicted molar refractivity (Wildman–Crippen MR) is 73.8 cm³/mol. The number of ether oxygens (including phenoxy) is 1. The average Bonchev–Trinajstić information content (AvgIpc) is 2.41. The van der Waals surface area contributed by atoms with Crippen LogP contribution in [0.5, 0.6) is 11.6 Å². The van der Waals surface area contributed by atoms with Crippen molar-refractivity contribution >= 4 is 11.7 Å². The van der Waals surface area contributed by atoms with Gasteiger partial charge in [-0.1, -0.05) is 6.07 Å². The minimum absolute atomic E-state index is 0.00702. The number of nitrogens with zero attached hydrogens (tertiary/aromatic N) is 2. The lowest BCUT2D eigenvalue weighted by Gasteiger charge is -2.09. The van der Waals surface area contributed by atoms with E-state index in [-0.39, 0.29) is 22.9 Å². The quantitative estimate of drug-likeness (QED) is 0.685. The zero-order valence-electron chi connectivity index (χ0n) is 11.4. The smallest absolute Gasteiger partial charge is 0.335 e. The highest BCUT2D eigenvalue weighted by Gasteiger charge is 2.20. The number of aryl methyl sites for hydroxylation is 2. The van der Waals surface area contributed by atoms with E-state index in [9.17, 15) is 14.9 Å². The second-order valence-corrected chi connectivity index (χ2v) is 4.48. The summed E-state index contributed by atoms with van der Waals surface area (Å²) in [5.41, 5.74) is 1.12. The fourth-order valence-electron chi connectivity index (χ4n) is 1.90. The molecule has 7 heteroatoms. The number of benzene rings is 1. The molecule has 7 nitrogen and oxygen atoms in total. The number of rotatable bonds is 4. The number of carbonyl (C=O) groups is 1. The van der Waals surface area contributed by atoms with Crippen LogP contribution in [0, 0.1) is 24.0 Å². The maximum atomic E-state index is 11.1. The van der Waals surface area contributed by atoms with Crippen molar-refractivity contribution < 1.29 is 19.6 Å². The monoisotopic (exact) mass is 288 g/mol. The first-order chi connectivity index (χ1) is 9.88. The number of hydrogen-bond donors (Lipinski definition) is 1. The Kier molecular flexibility index (Phi) is 3.84. The molecule has 0 bridgehead atoms. The summed E-state index contributed by atoms with van der Waals surface area (Å²) >= 11 is 0. The minimum Gasteiger partial charge on any atom is -0.478 e. The molecule has 0 saturated carbocycles. The minimum atomic E-state index is -1.13. The Hall–Kier alpha value is -2.96. The molecule has 0 unspecified atom stereocenters. The molecule has 0 aliphatic heterocycles. The van der Waals surface area contributed by atoms with E-state index in [4.69, 9.17) is 9.84 Å². The van der Waals surface area contributed by atoms with E-state index in [0.29, 0.717) is 5.56 Å². The van der Waals surface area contributed by atoms with Crippen LogP contribution in [0.1, 0.15) is 21.5 Å². The molecule has 0 radical (unpaired) electrons. The van der Waals surface area contributed by atoms with Crippen LogP contribution in [-0.2, 0) is 0 Å². The van der Waals surface area contributed by atoms with Crippen molar-refractivity contribution in [1.29, 1.82) is 0 Å². The summed E-state index contributed by atoms with van der Waals surface area (Å²) in [6.07, 6.45) is 1.27. The SMILES string of the molecule is Cc1cc(C)c(Oc2cc(C(=O)O)ccn2)c([N+](=O)[O-])c1. The Morgan fingerprint density at radius 1 is 1.33 bits per heavy atom. The van der Waals surface area contributed by atoms with Gasteiger partial charge in [-0.25, -0.2) is 9.78 Å². The van der Waals surface area contributed by atoms with Gasteiger partial charge in [0.1, 0.15) is 0 Å². The van der Waals surface area contributed by atoms with Crippen molar-refractivity contribution in [3.8, 4) is 11.6 Å². The summed E-state index contributed by atoms with van der Waals surface area (Å²) in [7, 11) is 0. The predicted octanol–water partition coefficient (Wildman–Crippen LogP) is 3.10. The molecule has 2 rings (SSSR count). The van der Waals surface area contributed by atoms with E-state index < -0.39 is 10.9 Å². The number of aromatic carboxylic acids is 1. The summed E-state index contributed by atoms with van der Waals surface area (Å²) in [5.74, 6) is -1.08. The zero-order valence-corrected chi connectivity index (χ0v) is 11.4. The maximum Gasteiger partial charge on any atom is 0.335 e. The number of hydrogen-bond acceptors (Lipinski definition) is 5. The lowest BCUT2D eigenvalue weighted by Crippen LogP contribution is -2.00. The molecule has 0 fully saturated rings. The lowest BCUT2D eigenvalue weighted by atomic mass is 10.1. The first-order valence-corrected chi connectivity index (χ1v) is 6.01. The number of nitro benzene ring substituents is 1. The number of aromatic nitrogens is 1. The fraction of sp³-hybridized carbons (Fsp3) is 0.143. The van der Waals surface area contributed by atoms with E-state index in [1.165, 1.54) is 24.4 Å². The van der Waals surface area contributed by atoms with Crippen molar-refractivity contribution in [2.24, 2.45) is 0 Å². The third kappa shape index (κ3) is 3.14. The molecule has 0 spiro atoms. The Morgan fingerprint density at radius 2 is 2.05 bits per heavy atom. The molecule has 21 heavy (non-hydrogen) atoms. The van der Waals surface area contributed by atoms with Gasteiger partial charge in [0.15, 0.2) is 0 Å². The maximum absolute atomic E-state index is 11.1. The zero-order chi connectivity index (χ0) is 15.6. The van der Waals surface area contributed by atoms with Gasteiger partial charge in [0.05, 0.1) is 10.5 Å². The van der Waals surface area contributed by atoms with Gasteiger partial charge in [0, 0.05) is 18.3 Å². The van der Waals surface area contributed by atoms with Gasteiger partial charge >= 0.3 is 11.7 Å². The van der Waals surface area contributed by atoms with E-state index in [2.05, 4.69) is 4.98 Å². The van der Waals surface area contributed by atoms with Crippen LogP contribution in [0.15, 0.2) is 30.5 Å². The third-order valence-corrected chi connectivity index (χ3v) is 2.78. The molecule has 108 valence electrons. The van der Waals surface area contributed by atoms with Crippen LogP contribution in [0.3, 0.4) is 0 Å². The topological polar surface area (TPSA) is 103 Å². The molecule has 1 heterocycles. The van der Waals surface area contributed by atoms with Crippen molar-refractivity contribution in [3.05, 3.63) is 57.3 Å². The number of nitro groups is 1. The van der Waals surface area contributed by atoms with Crippen molar-refractivity contribution in [2.45, 2.75) is 13.8 Å².